The summed E-state index contributed by atoms with van der Waals surface area (Å²) in [6.07, 6.45) is 0. The van der Waals surface area contributed by atoms with Gasteiger partial charge in [0, 0.05) is 35.8 Å². The second kappa shape index (κ2) is 7.61. The lowest BCUT2D eigenvalue weighted by Gasteiger charge is -2.15. The van der Waals surface area contributed by atoms with E-state index in [1.807, 2.05) is 38.1 Å². The summed E-state index contributed by atoms with van der Waals surface area (Å²) < 4.78 is 21.5. The van der Waals surface area contributed by atoms with Crippen LogP contribution in [0.5, 0.6) is 17.2 Å². The lowest BCUT2D eigenvalue weighted by molar-refractivity contribution is 0.324. The number of aryl methyl sites for hydroxylation is 2. The lowest BCUT2D eigenvalue weighted by Crippen LogP contribution is -2.07. The molecule has 0 amide bonds. The summed E-state index contributed by atoms with van der Waals surface area (Å²) in [7, 11) is 4.71. The van der Waals surface area contributed by atoms with Gasteiger partial charge in [-0.05, 0) is 30.5 Å². The van der Waals surface area contributed by atoms with Gasteiger partial charge >= 0.3 is 5.63 Å². The van der Waals surface area contributed by atoms with Crippen molar-refractivity contribution in [2.45, 2.75) is 20.4 Å². The highest BCUT2D eigenvalue weighted by atomic mass is 16.5. The monoisotopic (exact) mass is 369 g/mol. The van der Waals surface area contributed by atoms with Crippen LogP contribution in [0.15, 0.2) is 39.5 Å². The molecule has 0 fully saturated rings. The Bertz CT molecular complexity index is 1010. The molecule has 3 rings (SSSR count). The molecule has 1 N–H and O–H groups in total. The van der Waals surface area contributed by atoms with Crippen LogP contribution in [-0.4, -0.2) is 21.3 Å². The van der Waals surface area contributed by atoms with E-state index in [0.717, 1.165) is 27.8 Å². The Morgan fingerprint density at radius 3 is 2.22 bits per heavy atom. The van der Waals surface area contributed by atoms with E-state index in [2.05, 4.69) is 5.32 Å². The van der Waals surface area contributed by atoms with Crippen molar-refractivity contribution in [1.29, 1.82) is 0 Å². The van der Waals surface area contributed by atoms with Crippen LogP contribution >= 0.6 is 0 Å². The first-order chi connectivity index (χ1) is 13.0. The number of anilines is 1. The summed E-state index contributed by atoms with van der Waals surface area (Å²) in [6.45, 7) is 4.40. The standard InChI is InChI=1S/C21H23NO5/c1-12-6-7-16-14(8-19(23)27-20(16)13(12)2)11-22-15-9-17(24-3)21(26-5)18(10-15)25-4/h6-10,22H,11H2,1-5H3. The zero-order valence-corrected chi connectivity index (χ0v) is 16.1. The van der Waals surface area contributed by atoms with Crippen molar-refractivity contribution in [2.75, 3.05) is 26.6 Å². The van der Waals surface area contributed by atoms with Crippen molar-refractivity contribution in [1.82, 2.24) is 0 Å². The topological polar surface area (TPSA) is 69.9 Å². The van der Waals surface area contributed by atoms with Crippen molar-refractivity contribution in [3.8, 4) is 17.2 Å². The molecule has 6 nitrogen and oxygen atoms in total. The summed E-state index contributed by atoms with van der Waals surface area (Å²) in [5.74, 6) is 1.65. The summed E-state index contributed by atoms with van der Waals surface area (Å²) in [5.41, 5.74) is 3.97. The third-order valence-corrected chi connectivity index (χ3v) is 4.67. The highest BCUT2D eigenvalue weighted by Crippen LogP contribution is 2.40. The molecule has 0 saturated heterocycles. The average molecular weight is 369 g/mol. The number of hydrogen-bond donors (Lipinski definition) is 1. The molecule has 0 aliphatic heterocycles. The second-order valence-electron chi connectivity index (χ2n) is 6.24. The summed E-state index contributed by atoms with van der Waals surface area (Å²) in [4.78, 5) is 12.0. The highest BCUT2D eigenvalue weighted by Gasteiger charge is 2.14. The van der Waals surface area contributed by atoms with Crippen LogP contribution in [0.3, 0.4) is 0 Å². The Kier molecular flexibility index (Phi) is 5.26. The molecular formula is C21H23NO5. The molecule has 0 unspecified atom stereocenters. The Morgan fingerprint density at radius 2 is 1.63 bits per heavy atom. The van der Waals surface area contributed by atoms with Crippen molar-refractivity contribution >= 4 is 16.7 Å². The molecule has 2 aromatic carbocycles. The number of benzene rings is 2. The van der Waals surface area contributed by atoms with Crippen LogP contribution < -0.4 is 25.2 Å². The fourth-order valence-electron chi connectivity index (χ4n) is 3.05. The van der Waals surface area contributed by atoms with Crippen molar-refractivity contribution in [3.63, 3.8) is 0 Å². The van der Waals surface area contributed by atoms with E-state index in [4.69, 9.17) is 18.6 Å². The number of nitrogens with one attached hydrogen (secondary N) is 1. The molecule has 0 atom stereocenters. The molecule has 0 bridgehead atoms. The first-order valence-electron chi connectivity index (χ1n) is 8.55. The van der Waals surface area contributed by atoms with E-state index in [1.54, 1.807) is 21.3 Å². The maximum Gasteiger partial charge on any atom is 0.336 e. The molecule has 0 aliphatic rings. The number of methoxy groups -OCH3 is 3. The van der Waals surface area contributed by atoms with Gasteiger partial charge in [0.2, 0.25) is 5.75 Å². The van der Waals surface area contributed by atoms with E-state index in [-0.39, 0.29) is 5.63 Å². The molecule has 142 valence electrons. The van der Waals surface area contributed by atoms with Crippen molar-refractivity contribution < 1.29 is 18.6 Å². The molecule has 0 radical (unpaired) electrons. The smallest absolute Gasteiger partial charge is 0.336 e. The van der Waals surface area contributed by atoms with E-state index in [9.17, 15) is 4.79 Å². The fourth-order valence-corrected chi connectivity index (χ4v) is 3.05. The van der Waals surface area contributed by atoms with E-state index < -0.39 is 0 Å². The largest absolute Gasteiger partial charge is 0.493 e. The number of ether oxygens (including phenoxy) is 3. The number of fused-ring (bicyclic) bond motifs is 1. The first kappa shape index (κ1) is 18.6. The van der Waals surface area contributed by atoms with Crippen LogP contribution in [0, 0.1) is 13.8 Å². The Labute approximate surface area is 157 Å². The minimum Gasteiger partial charge on any atom is -0.493 e. The first-order valence-corrected chi connectivity index (χ1v) is 8.55. The molecule has 0 saturated carbocycles. The van der Waals surface area contributed by atoms with E-state index in [0.29, 0.717) is 29.4 Å². The molecule has 1 aromatic heterocycles. The van der Waals surface area contributed by atoms with Gasteiger partial charge in [0.05, 0.1) is 21.3 Å². The molecule has 6 heteroatoms. The number of rotatable bonds is 6. The zero-order chi connectivity index (χ0) is 19.6. The zero-order valence-electron chi connectivity index (χ0n) is 16.1. The Balaban J connectivity index is 1.98. The summed E-state index contributed by atoms with van der Waals surface area (Å²) >= 11 is 0. The lowest BCUT2D eigenvalue weighted by atomic mass is 10.0. The van der Waals surface area contributed by atoms with Crippen LogP contribution in [0.4, 0.5) is 5.69 Å². The van der Waals surface area contributed by atoms with Crippen LogP contribution in [0.1, 0.15) is 16.7 Å². The summed E-state index contributed by atoms with van der Waals surface area (Å²) in [5, 5.41) is 4.23. The van der Waals surface area contributed by atoms with Gasteiger partial charge in [-0.1, -0.05) is 12.1 Å². The van der Waals surface area contributed by atoms with Crippen LogP contribution in [-0.2, 0) is 6.54 Å². The predicted octanol–water partition coefficient (Wildman–Crippen LogP) is 4.05. The van der Waals surface area contributed by atoms with E-state index >= 15 is 0 Å². The van der Waals surface area contributed by atoms with Gasteiger partial charge in [-0.15, -0.1) is 0 Å². The second-order valence-corrected chi connectivity index (χ2v) is 6.24. The maximum absolute atomic E-state index is 12.0. The van der Waals surface area contributed by atoms with E-state index in [1.165, 1.54) is 6.07 Å². The third-order valence-electron chi connectivity index (χ3n) is 4.67. The molecule has 0 aliphatic carbocycles. The Morgan fingerprint density at radius 1 is 0.963 bits per heavy atom. The average Bonchev–Trinajstić information content (AvgIpc) is 2.68. The molecule has 0 spiro atoms. The van der Waals surface area contributed by atoms with Crippen LogP contribution in [0.2, 0.25) is 0 Å². The minimum absolute atomic E-state index is 0.363. The van der Waals surface area contributed by atoms with Gasteiger partial charge in [-0.25, -0.2) is 4.79 Å². The van der Waals surface area contributed by atoms with Gasteiger partial charge < -0.3 is 23.9 Å². The van der Waals surface area contributed by atoms with Crippen molar-refractivity contribution in [3.05, 3.63) is 57.4 Å². The molecule has 3 aromatic rings. The Hall–Kier alpha value is -3.15. The molecule has 27 heavy (non-hydrogen) atoms. The predicted molar refractivity (Wildman–Crippen MR) is 105 cm³/mol. The minimum atomic E-state index is -0.363. The maximum atomic E-state index is 12.0. The molecule has 1 heterocycles. The number of hydrogen-bond acceptors (Lipinski definition) is 6. The fraction of sp³-hybridized carbons (Fsp3) is 0.286. The van der Waals surface area contributed by atoms with Gasteiger partial charge in [-0.3, -0.25) is 0 Å². The van der Waals surface area contributed by atoms with Gasteiger partial charge in [-0.2, -0.15) is 0 Å². The summed E-state index contributed by atoms with van der Waals surface area (Å²) in [6, 6.07) is 9.17. The van der Waals surface area contributed by atoms with Gasteiger partial charge in [0.15, 0.2) is 11.5 Å². The SMILES string of the molecule is COc1cc(NCc2cc(=O)oc3c(C)c(C)ccc23)cc(OC)c1OC. The molecular weight excluding hydrogens is 346 g/mol. The van der Waals surface area contributed by atoms with Gasteiger partial charge in [0.1, 0.15) is 5.58 Å². The third kappa shape index (κ3) is 3.56. The van der Waals surface area contributed by atoms with Crippen molar-refractivity contribution in [2.24, 2.45) is 0 Å². The normalized spacial score (nSPS) is 10.7. The highest BCUT2D eigenvalue weighted by molar-refractivity contribution is 5.84. The van der Waals surface area contributed by atoms with Gasteiger partial charge in [0.25, 0.3) is 0 Å². The van der Waals surface area contributed by atoms with Crippen LogP contribution in [0.25, 0.3) is 11.0 Å². The quantitative estimate of drug-likeness (QED) is 0.661.